The molecule has 0 aliphatic heterocycles. The largest absolute Gasteiger partial charge is 0.481 e. The fourth-order valence-electron chi connectivity index (χ4n) is 1.24. The molecule has 0 radical (unpaired) electrons. The van der Waals surface area contributed by atoms with Crippen molar-refractivity contribution in [1.82, 2.24) is 0 Å². The first kappa shape index (κ1) is 14.2. The second kappa shape index (κ2) is 8.47. The molecule has 0 aliphatic carbocycles. The third-order valence-corrected chi connectivity index (χ3v) is 3.19. The van der Waals surface area contributed by atoms with Crippen LogP contribution in [0.2, 0.25) is 0 Å². The topological polar surface area (TPSA) is 63.3 Å². The van der Waals surface area contributed by atoms with E-state index in [0.29, 0.717) is 10.3 Å². The molecule has 0 fully saturated rings. The summed E-state index contributed by atoms with van der Waals surface area (Å²) in [7, 11) is 0. The molecule has 0 aromatic rings. The van der Waals surface area contributed by atoms with Gasteiger partial charge in [-0.05, 0) is 12.8 Å². The third kappa shape index (κ3) is 8.74. The van der Waals surface area contributed by atoms with E-state index in [4.69, 9.17) is 10.8 Å². The van der Waals surface area contributed by atoms with Crippen molar-refractivity contribution in [3.05, 3.63) is 0 Å². The number of hydrogen-bond acceptors (Lipinski definition) is 2. The van der Waals surface area contributed by atoms with Crippen LogP contribution in [0.15, 0.2) is 0 Å². The molecule has 14 heavy (non-hydrogen) atoms. The Morgan fingerprint density at radius 1 is 1.36 bits per heavy atom. The number of carboxylic acids is 1. The molecule has 0 saturated heterocycles. The lowest BCUT2D eigenvalue weighted by Gasteiger charge is -2.13. The molecule has 0 rings (SSSR count). The highest BCUT2D eigenvalue weighted by Gasteiger charge is 2.07. The zero-order valence-corrected chi connectivity index (χ0v) is 10.9. The molecule has 84 valence electrons. The minimum absolute atomic E-state index is 0.287. The molecule has 3 N–H and O–H groups in total. The number of hydrogen-bond donors (Lipinski definition) is 2. The van der Waals surface area contributed by atoms with Gasteiger partial charge in [-0.1, -0.05) is 48.8 Å². The fraction of sp³-hybridized carbons (Fsp3) is 0.900. The van der Waals surface area contributed by atoms with Gasteiger partial charge in [-0.15, -0.1) is 0 Å². The van der Waals surface area contributed by atoms with E-state index in [0.717, 1.165) is 32.1 Å². The molecule has 0 saturated carbocycles. The first-order valence-corrected chi connectivity index (χ1v) is 6.40. The highest BCUT2D eigenvalue weighted by atomic mass is 127. The molecule has 0 bridgehead atoms. The zero-order chi connectivity index (χ0) is 11.0. The van der Waals surface area contributed by atoms with Gasteiger partial charge in [0, 0.05) is 16.4 Å². The van der Waals surface area contributed by atoms with E-state index >= 15 is 0 Å². The zero-order valence-electron chi connectivity index (χ0n) is 8.71. The number of aliphatic carboxylic acids is 1. The second-order valence-electron chi connectivity index (χ2n) is 3.69. The number of rotatable bonds is 8. The summed E-state index contributed by atoms with van der Waals surface area (Å²) >= 11 is 2.34. The second-order valence-corrected chi connectivity index (χ2v) is 5.65. The standard InChI is InChI=1S/C10H20INO2/c1-8(11)9(12)6-4-2-3-5-7-10(13)14/h8-9H,2-7,12H2,1H3,(H,13,14). The van der Waals surface area contributed by atoms with Crippen molar-refractivity contribution in [2.24, 2.45) is 5.73 Å². The Kier molecular flexibility index (Phi) is 8.56. The molecule has 0 amide bonds. The van der Waals surface area contributed by atoms with E-state index in [2.05, 4.69) is 29.5 Å². The van der Waals surface area contributed by atoms with Crippen LogP contribution in [0.3, 0.4) is 0 Å². The van der Waals surface area contributed by atoms with Crippen molar-refractivity contribution in [1.29, 1.82) is 0 Å². The smallest absolute Gasteiger partial charge is 0.303 e. The van der Waals surface area contributed by atoms with Gasteiger partial charge in [-0.3, -0.25) is 4.79 Å². The maximum Gasteiger partial charge on any atom is 0.303 e. The van der Waals surface area contributed by atoms with Crippen LogP contribution in [0.25, 0.3) is 0 Å². The van der Waals surface area contributed by atoms with Gasteiger partial charge in [0.2, 0.25) is 0 Å². The van der Waals surface area contributed by atoms with Gasteiger partial charge in [-0.2, -0.15) is 0 Å². The molecule has 4 heteroatoms. The first-order chi connectivity index (χ1) is 6.54. The number of carbonyl (C=O) groups is 1. The van der Waals surface area contributed by atoms with E-state index < -0.39 is 5.97 Å². The van der Waals surface area contributed by atoms with Crippen molar-refractivity contribution in [3.63, 3.8) is 0 Å². The number of carboxylic acid groups (broad SMARTS) is 1. The van der Waals surface area contributed by atoms with Gasteiger partial charge < -0.3 is 10.8 Å². The van der Waals surface area contributed by atoms with Crippen LogP contribution in [0.1, 0.15) is 45.4 Å². The summed E-state index contributed by atoms with van der Waals surface area (Å²) in [4.78, 5) is 10.2. The average molecular weight is 313 g/mol. The van der Waals surface area contributed by atoms with E-state index in [1.807, 2.05) is 0 Å². The van der Waals surface area contributed by atoms with E-state index in [-0.39, 0.29) is 6.04 Å². The first-order valence-electron chi connectivity index (χ1n) is 5.15. The van der Waals surface area contributed by atoms with Crippen molar-refractivity contribution in [2.75, 3.05) is 0 Å². The fourth-order valence-corrected chi connectivity index (χ4v) is 1.60. The lowest BCUT2D eigenvalue weighted by molar-refractivity contribution is -0.137. The summed E-state index contributed by atoms with van der Waals surface area (Å²) in [6.07, 6.45) is 5.38. The minimum atomic E-state index is -0.692. The van der Waals surface area contributed by atoms with Crippen LogP contribution in [0, 0.1) is 0 Å². The maximum atomic E-state index is 10.2. The third-order valence-electron chi connectivity index (χ3n) is 2.27. The Bertz CT molecular complexity index is 162. The van der Waals surface area contributed by atoms with Crippen LogP contribution in [0.4, 0.5) is 0 Å². The minimum Gasteiger partial charge on any atom is -0.481 e. The summed E-state index contributed by atoms with van der Waals surface area (Å²) in [5.74, 6) is -0.692. The molecule has 0 aromatic heterocycles. The summed E-state index contributed by atoms with van der Waals surface area (Å²) in [6.45, 7) is 2.12. The molecular weight excluding hydrogens is 293 g/mol. The molecule has 3 nitrogen and oxygen atoms in total. The van der Waals surface area contributed by atoms with Crippen molar-refractivity contribution in [2.45, 2.75) is 55.4 Å². The van der Waals surface area contributed by atoms with Crippen LogP contribution in [0.5, 0.6) is 0 Å². The van der Waals surface area contributed by atoms with E-state index in [9.17, 15) is 4.79 Å². The Hall–Kier alpha value is 0.160. The highest BCUT2D eigenvalue weighted by Crippen LogP contribution is 2.12. The van der Waals surface area contributed by atoms with Crippen LogP contribution in [-0.4, -0.2) is 21.0 Å². The van der Waals surface area contributed by atoms with Gasteiger partial charge in [-0.25, -0.2) is 0 Å². The van der Waals surface area contributed by atoms with Crippen molar-refractivity contribution >= 4 is 28.6 Å². The molecule has 0 aliphatic rings. The Balaban J connectivity index is 3.17. The quantitative estimate of drug-likeness (QED) is 0.411. The van der Waals surface area contributed by atoms with Gasteiger partial charge in [0.15, 0.2) is 0 Å². The van der Waals surface area contributed by atoms with Crippen molar-refractivity contribution < 1.29 is 9.90 Å². The maximum absolute atomic E-state index is 10.2. The van der Waals surface area contributed by atoms with Crippen LogP contribution >= 0.6 is 22.6 Å². The van der Waals surface area contributed by atoms with Gasteiger partial charge in [0.05, 0.1) is 0 Å². The number of alkyl halides is 1. The molecule has 0 heterocycles. The van der Waals surface area contributed by atoms with Crippen LogP contribution in [-0.2, 0) is 4.79 Å². The Labute approximate surface area is 99.6 Å². The van der Waals surface area contributed by atoms with Crippen molar-refractivity contribution in [3.8, 4) is 0 Å². The number of unbranched alkanes of at least 4 members (excludes halogenated alkanes) is 3. The van der Waals surface area contributed by atoms with Gasteiger partial charge in [0.25, 0.3) is 0 Å². The highest BCUT2D eigenvalue weighted by molar-refractivity contribution is 14.1. The lowest BCUT2D eigenvalue weighted by Crippen LogP contribution is -2.27. The monoisotopic (exact) mass is 313 g/mol. The predicted molar refractivity (Wildman–Crippen MR) is 66.8 cm³/mol. The van der Waals surface area contributed by atoms with E-state index in [1.165, 1.54) is 0 Å². The van der Waals surface area contributed by atoms with E-state index in [1.54, 1.807) is 0 Å². The van der Waals surface area contributed by atoms with Gasteiger partial charge in [0.1, 0.15) is 0 Å². The lowest BCUT2D eigenvalue weighted by atomic mass is 10.1. The normalized spacial score (nSPS) is 15.1. The Morgan fingerprint density at radius 2 is 1.93 bits per heavy atom. The predicted octanol–water partition coefficient (Wildman–Crippen LogP) is 2.56. The molecule has 2 atom stereocenters. The summed E-state index contributed by atoms with van der Waals surface area (Å²) in [5, 5.41) is 8.41. The number of halogens is 1. The molecule has 0 aromatic carbocycles. The van der Waals surface area contributed by atoms with Crippen LogP contribution < -0.4 is 5.73 Å². The Morgan fingerprint density at radius 3 is 2.43 bits per heavy atom. The molecular formula is C10H20INO2. The summed E-state index contributed by atoms with van der Waals surface area (Å²) in [5.41, 5.74) is 5.88. The average Bonchev–Trinajstić information content (AvgIpc) is 2.09. The molecule has 0 spiro atoms. The van der Waals surface area contributed by atoms with Gasteiger partial charge >= 0.3 is 5.97 Å². The SMILES string of the molecule is CC(I)C(N)CCCCCCC(=O)O. The molecule has 2 unspecified atom stereocenters. The number of nitrogens with two attached hydrogens (primary N) is 1. The summed E-state index contributed by atoms with van der Waals surface area (Å²) in [6, 6.07) is 0.287. The summed E-state index contributed by atoms with van der Waals surface area (Å²) < 4.78 is 0.520.